The Hall–Kier alpha value is -1.80. The molecule has 0 radical (unpaired) electrons. The highest BCUT2D eigenvalue weighted by Crippen LogP contribution is 2.27. The molecule has 5 heteroatoms. The van der Waals surface area contributed by atoms with Gasteiger partial charge in [-0.05, 0) is 19.4 Å². The molecule has 0 spiro atoms. The number of hydrogen-bond acceptors (Lipinski definition) is 3. The summed E-state index contributed by atoms with van der Waals surface area (Å²) in [5.74, 6) is 0.570. The Morgan fingerprint density at radius 2 is 2.25 bits per heavy atom. The molecule has 2 rings (SSSR count). The zero-order valence-electron chi connectivity index (χ0n) is 9.37. The summed E-state index contributed by atoms with van der Waals surface area (Å²) < 4.78 is 0. The number of nitriles is 1. The Labute approximate surface area is 93.8 Å². The molecule has 1 unspecified atom stereocenters. The number of aryl methyl sites for hydroxylation is 1. The molecule has 1 saturated heterocycles. The normalized spacial score (nSPS) is 20.2. The fourth-order valence-electron chi connectivity index (χ4n) is 1.99. The minimum absolute atomic E-state index is 0.0229. The van der Waals surface area contributed by atoms with Crippen LogP contribution < -0.4 is 10.6 Å². The second kappa shape index (κ2) is 3.65. The summed E-state index contributed by atoms with van der Waals surface area (Å²) in [4.78, 5) is 16.3. The lowest BCUT2D eigenvalue weighted by atomic mass is 10.2. The second-order valence-electron chi connectivity index (χ2n) is 4.18. The number of aromatic nitrogens is 1. The molecule has 1 aliphatic heterocycles. The molecule has 1 aliphatic rings. The molecule has 1 aromatic heterocycles. The van der Waals surface area contributed by atoms with Crippen LogP contribution >= 0.6 is 0 Å². The number of carbonyl (C=O) groups is 1. The van der Waals surface area contributed by atoms with Crippen molar-refractivity contribution in [1.82, 2.24) is 4.98 Å². The molecule has 0 aromatic carbocycles. The third-order valence-electron chi connectivity index (χ3n) is 3.02. The molecule has 2 heterocycles. The van der Waals surface area contributed by atoms with Gasteiger partial charge < -0.3 is 10.7 Å². The third-order valence-corrected chi connectivity index (χ3v) is 3.02. The first-order valence-electron chi connectivity index (χ1n) is 5.19. The van der Waals surface area contributed by atoms with Crippen LogP contribution in [0.1, 0.15) is 23.2 Å². The molecule has 0 bridgehead atoms. The van der Waals surface area contributed by atoms with Gasteiger partial charge in [-0.2, -0.15) is 5.26 Å². The lowest BCUT2D eigenvalue weighted by Crippen LogP contribution is -2.28. The van der Waals surface area contributed by atoms with Gasteiger partial charge in [0, 0.05) is 24.7 Å². The van der Waals surface area contributed by atoms with Crippen LogP contribution in [0.15, 0.2) is 0 Å². The van der Waals surface area contributed by atoms with Crippen LogP contribution in [0, 0.1) is 25.2 Å². The number of H-pyrrole nitrogens is 1. The van der Waals surface area contributed by atoms with Gasteiger partial charge in [0.15, 0.2) is 0 Å². The lowest BCUT2D eigenvalue weighted by Gasteiger charge is -2.14. The number of nitrogens with one attached hydrogen (secondary N) is 1. The highest BCUT2D eigenvalue weighted by atomic mass is 16.2. The Kier molecular flexibility index (Phi) is 2.44. The fraction of sp³-hybridized carbons (Fsp3) is 0.455. The summed E-state index contributed by atoms with van der Waals surface area (Å²) in [6, 6.07) is 1.99. The lowest BCUT2D eigenvalue weighted by molar-refractivity contribution is -0.117. The minimum atomic E-state index is -0.136. The quantitative estimate of drug-likeness (QED) is 0.722. The Morgan fingerprint density at radius 1 is 1.56 bits per heavy atom. The molecular weight excluding hydrogens is 204 g/mol. The molecule has 1 atom stereocenters. The molecule has 1 aromatic rings. The minimum Gasteiger partial charge on any atom is -0.344 e. The van der Waals surface area contributed by atoms with E-state index in [1.54, 1.807) is 4.90 Å². The van der Waals surface area contributed by atoms with E-state index in [0.717, 1.165) is 11.3 Å². The van der Waals surface area contributed by atoms with Gasteiger partial charge in [0.25, 0.3) is 0 Å². The highest BCUT2D eigenvalue weighted by molar-refractivity contribution is 5.96. The predicted octanol–water partition coefficient (Wildman–Crippen LogP) is 0.567. The summed E-state index contributed by atoms with van der Waals surface area (Å²) in [6.45, 7) is 4.24. The monoisotopic (exact) mass is 218 g/mol. The van der Waals surface area contributed by atoms with Gasteiger partial charge in [-0.25, -0.2) is 0 Å². The number of nitrogens with two attached hydrogens (primary N) is 1. The van der Waals surface area contributed by atoms with Crippen molar-refractivity contribution >= 4 is 11.7 Å². The number of nitrogens with zero attached hydrogens (tertiary/aromatic N) is 2. The summed E-state index contributed by atoms with van der Waals surface area (Å²) in [6.07, 6.45) is 0.349. The van der Waals surface area contributed by atoms with E-state index < -0.39 is 0 Å². The molecular formula is C11H14N4O. The SMILES string of the molecule is Cc1[nH]c(N2CC(N)CC2=O)c(C#N)c1C. The number of aromatic amines is 1. The Morgan fingerprint density at radius 3 is 2.75 bits per heavy atom. The van der Waals surface area contributed by atoms with Crippen molar-refractivity contribution in [2.75, 3.05) is 11.4 Å². The summed E-state index contributed by atoms with van der Waals surface area (Å²) in [5.41, 5.74) is 8.08. The van der Waals surface area contributed by atoms with Crippen molar-refractivity contribution in [3.63, 3.8) is 0 Å². The smallest absolute Gasteiger partial charge is 0.229 e. The van der Waals surface area contributed by atoms with Gasteiger partial charge in [-0.1, -0.05) is 0 Å². The standard InChI is InChI=1S/C11H14N4O/c1-6-7(2)14-11(9(6)4-12)15-5-8(13)3-10(15)16/h8,14H,3,5,13H2,1-2H3. The van der Waals surface area contributed by atoms with Crippen LogP contribution in [0.5, 0.6) is 0 Å². The molecule has 0 aliphatic carbocycles. The summed E-state index contributed by atoms with van der Waals surface area (Å²) in [7, 11) is 0. The van der Waals surface area contributed by atoms with Crippen LogP contribution in [0.3, 0.4) is 0 Å². The van der Waals surface area contributed by atoms with Gasteiger partial charge in [0.1, 0.15) is 11.9 Å². The van der Waals surface area contributed by atoms with E-state index in [4.69, 9.17) is 11.0 Å². The topological polar surface area (TPSA) is 85.9 Å². The molecule has 16 heavy (non-hydrogen) atoms. The van der Waals surface area contributed by atoms with Gasteiger partial charge in [0.2, 0.25) is 5.91 Å². The van der Waals surface area contributed by atoms with Crippen molar-refractivity contribution < 1.29 is 4.79 Å². The zero-order valence-corrected chi connectivity index (χ0v) is 9.37. The van der Waals surface area contributed by atoms with Crippen molar-refractivity contribution in [2.45, 2.75) is 26.3 Å². The first-order valence-corrected chi connectivity index (χ1v) is 5.19. The van der Waals surface area contributed by atoms with Gasteiger partial charge in [-0.3, -0.25) is 9.69 Å². The van der Waals surface area contributed by atoms with E-state index in [1.165, 1.54) is 0 Å². The summed E-state index contributed by atoms with van der Waals surface area (Å²) in [5, 5.41) is 9.09. The fourth-order valence-corrected chi connectivity index (χ4v) is 1.99. The van der Waals surface area contributed by atoms with Crippen LogP contribution in [0.4, 0.5) is 5.82 Å². The van der Waals surface area contributed by atoms with Crippen molar-refractivity contribution in [2.24, 2.45) is 5.73 Å². The maximum Gasteiger partial charge on any atom is 0.229 e. The van der Waals surface area contributed by atoms with E-state index in [1.807, 2.05) is 13.8 Å². The number of hydrogen-bond donors (Lipinski definition) is 2. The maximum absolute atomic E-state index is 11.7. The van der Waals surface area contributed by atoms with E-state index in [-0.39, 0.29) is 11.9 Å². The van der Waals surface area contributed by atoms with Crippen molar-refractivity contribution in [3.05, 3.63) is 16.8 Å². The second-order valence-corrected chi connectivity index (χ2v) is 4.18. The van der Waals surface area contributed by atoms with Gasteiger partial charge in [-0.15, -0.1) is 0 Å². The predicted molar refractivity (Wildman–Crippen MR) is 59.9 cm³/mol. The van der Waals surface area contributed by atoms with Gasteiger partial charge >= 0.3 is 0 Å². The van der Waals surface area contributed by atoms with Crippen LogP contribution in [0.2, 0.25) is 0 Å². The average Bonchev–Trinajstić information content (AvgIpc) is 2.69. The van der Waals surface area contributed by atoms with E-state index in [0.29, 0.717) is 24.3 Å². The largest absolute Gasteiger partial charge is 0.344 e. The van der Waals surface area contributed by atoms with Gasteiger partial charge in [0.05, 0.1) is 5.56 Å². The molecule has 84 valence electrons. The van der Waals surface area contributed by atoms with Crippen molar-refractivity contribution in [1.29, 1.82) is 5.26 Å². The molecule has 0 saturated carbocycles. The number of rotatable bonds is 1. The Bertz CT molecular complexity index is 483. The van der Waals surface area contributed by atoms with Crippen LogP contribution in [-0.2, 0) is 4.79 Å². The third kappa shape index (κ3) is 1.48. The first kappa shape index (κ1) is 10.7. The molecule has 1 fully saturated rings. The molecule has 3 N–H and O–H groups in total. The van der Waals surface area contributed by atoms with Crippen LogP contribution in [-0.4, -0.2) is 23.5 Å². The Balaban J connectivity index is 2.46. The number of amides is 1. The maximum atomic E-state index is 11.7. The average molecular weight is 218 g/mol. The van der Waals surface area contributed by atoms with E-state index in [2.05, 4.69) is 11.1 Å². The summed E-state index contributed by atoms with van der Waals surface area (Å²) >= 11 is 0. The molecule has 5 nitrogen and oxygen atoms in total. The zero-order chi connectivity index (χ0) is 11.9. The first-order chi connectivity index (χ1) is 7.54. The molecule has 1 amide bonds. The highest BCUT2D eigenvalue weighted by Gasteiger charge is 2.31. The van der Waals surface area contributed by atoms with Crippen LogP contribution in [0.25, 0.3) is 0 Å². The number of anilines is 1. The van der Waals surface area contributed by atoms with Crippen molar-refractivity contribution in [3.8, 4) is 6.07 Å². The van der Waals surface area contributed by atoms with E-state index in [9.17, 15) is 4.79 Å². The van der Waals surface area contributed by atoms with E-state index >= 15 is 0 Å². The number of carbonyl (C=O) groups excluding carboxylic acids is 1.